The van der Waals surface area contributed by atoms with Gasteiger partial charge in [0.1, 0.15) is 0 Å². The molecule has 0 fully saturated rings. The number of aryl methyl sites for hydroxylation is 1. The third-order valence-corrected chi connectivity index (χ3v) is 6.64. The summed E-state index contributed by atoms with van der Waals surface area (Å²) in [4.78, 5) is 31.3. The van der Waals surface area contributed by atoms with Crippen molar-refractivity contribution in [2.45, 2.75) is 71.8 Å². The molecule has 0 aliphatic carbocycles. The van der Waals surface area contributed by atoms with Crippen molar-refractivity contribution in [1.82, 2.24) is 0 Å². The van der Waals surface area contributed by atoms with E-state index in [0.717, 1.165) is 16.7 Å². The molecule has 1 aromatic rings. The minimum atomic E-state index is -2.61. The van der Waals surface area contributed by atoms with Crippen LogP contribution in [0, 0.1) is 12.3 Å². The smallest absolute Gasteiger partial charge is 0.334 e. The van der Waals surface area contributed by atoms with Gasteiger partial charge in [-0.25, -0.2) is 4.31 Å². The van der Waals surface area contributed by atoms with E-state index in [2.05, 4.69) is 58.0 Å². The largest absolute Gasteiger partial charge is 0.395 e. The van der Waals surface area contributed by atoms with Gasteiger partial charge in [0, 0.05) is 0 Å². The molecule has 0 saturated carbocycles. The molecular formula is C21H40O9P2. The Balaban J connectivity index is 0.00000118. The Morgan fingerprint density at radius 2 is 1.03 bits per heavy atom. The molecule has 0 heterocycles. The molecule has 0 bridgehead atoms. The molecule has 0 spiro atoms. The first-order valence-electron chi connectivity index (χ1n) is 10.1. The SMILES string of the molecule is Cc1cc(C(C)(C)C)c(C(C)(O)C(CO)(CO)CO)c(C(C)(C)C)c1.OP(O)OP(O)O. The quantitative estimate of drug-likeness (QED) is 0.262. The highest BCUT2D eigenvalue weighted by Gasteiger charge is 2.51. The van der Waals surface area contributed by atoms with E-state index < -0.39 is 48.0 Å². The zero-order chi connectivity index (χ0) is 25.7. The first-order valence-corrected chi connectivity index (χ1v) is 12.4. The highest BCUT2D eigenvalue weighted by atomic mass is 31.2. The van der Waals surface area contributed by atoms with Crippen LogP contribution in [0.4, 0.5) is 0 Å². The number of rotatable bonds is 7. The molecule has 1 unspecified atom stereocenters. The standard InChI is InChI=1S/C21H36O4.H4O5P2/c1-14-9-15(18(2,3)4)17(16(10-14)19(5,6)7)20(8,25)21(11-22,12-23)13-24;1-6(2)5-7(3)4/h9-10,22-25H,11-13H2,1-8H3;1-4H. The molecule has 0 aliphatic heterocycles. The Kier molecular flexibility index (Phi) is 11.8. The molecule has 0 aliphatic rings. The molecule has 8 N–H and O–H groups in total. The topological polar surface area (TPSA) is 171 Å². The van der Waals surface area contributed by atoms with Crippen molar-refractivity contribution in [1.29, 1.82) is 0 Å². The lowest BCUT2D eigenvalue weighted by atomic mass is 9.63. The van der Waals surface area contributed by atoms with E-state index in [1.807, 2.05) is 6.92 Å². The van der Waals surface area contributed by atoms with E-state index in [1.165, 1.54) is 0 Å². The van der Waals surface area contributed by atoms with Crippen molar-refractivity contribution < 1.29 is 44.3 Å². The molecule has 11 heteroatoms. The minimum absolute atomic E-state index is 0.253. The number of aliphatic hydroxyl groups excluding tert-OH is 3. The number of aliphatic hydroxyl groups is 4. The van der Waals surface area contributed by atoms with Gasteiger partial charge in [-0.05, 0) is 41.4 Å². The average Bonchev–Trinajstić information content (AvgIpc) is 2.60. The summed E-state index contributed by atoms with van der Waals surface area (Å²) in [6, 6.07) is 4.10. The number of hydrogen-bond donors (Lipinski definition) is 8. The van der Waals surface area contributed by atoms with Crippen molar-refractivity contribution in [2.24, 2.45) is 5.41 Å². The molecule has 0 aromatic heterocycles. The van der Waals surface area contributed by atoms with Crippen LogP contribution in [0.25, 0.3) is 0 Å². The van der Waals surface area contributed by atoms with Crippen LogP contribution in [0.2, 0.25) is 0 Å². The van der Waals surface area contributed by atoms with E-state index in [4.69, 9.17) is 19.6 Å². The lowest BCUT2D eigenvalue weighted by Gasteiger charge is -2.46. The molecule has 9 nitrogen and oxygen atoms in total. The highest BCUT2D eigenvalue weighted by Crippen LogP contribution is 2.47. The summed E-state index contributed by atoms with van der Waals surface area (Å²) >= 11 is 0. The first kappa shape index (κ1) is 31.7. The van der Waals surface area contributed by atoms with Crippen LogP contribution in [-0.2, 0) is 20.7 Å². The molecule has 1 atom stereocenters. The lowest BCUT2D eigenvalue weighted by molar-refractivity contribution is -0.150. The van der Waals surface area contributed by atoms with Crippen molar-refractivity contribution in [3.05, 3.63) is 34.4 Å². The molecule has 0 radical (unpaired) electrons. The molecule has 32 heavy (non-hydrogen) atoms. The Morgan fingerprint density at radius 3 is 1.22 bits per heavy atom. The zero-order valence-corrected chi connectivity index (χ0v) is 21.9. The van der Waals surface area contributed by atoms with Gasteiger partial charge in [0.25, 0.3) is 0 Å². The molecule has 0 amide bonds. The van der Waals surface area contributed by atoms with Gasteiger partial charge < -0.3 is 40.0 Å². The summed E-state index contributed by atoms with van der Waals surface area (Å²) in [7, 11) is -5.22. The predicted molar refractivity (Wildman–Crippen MR) is 126 cm³/mol. The van der Waals surface area contributed by atoms with Gasteiger partial charge in [0.15, 0.2) is 0 Å². The van der Waals surface area contributed by atoms with Crippen LogP contribution >= 0.6 is 17.2 Å². The van der Waals surface area contributed by atoms with E-state index >= 15 is 0 Å². The highest BCUT2D eigenvalue weighted by molar-refractivity contribution is 7.53. The van der Waals surface area contributed by atoms with Crippen molar-refractivity contribution in [3.8, 4) is 0 Å². The fraction of sp³-hybridized carbons (Fsp3) is 0.714. The van der Waals surface area contributed by atoms with Gasteiger partial charge in [-0.2, -0.15) is 0 Å². The van der Waals surface area contributed by atoms with Crippen LogP contribution < -0.4 is 0 Å². The van der Waals surface area contributed by atoms with Gasteiger partial charge in [0.2, 0.25) is 0 Å². The predicted octanol–water partition coefficient (Wildman–Crippen LogP) is 2.19. The Hall–Kier alpha value is -0.280. The fourth-order valence-corrected chi connectivity index (χ4v) is 3.96. The second kappa shape index (κ2) is 11.9. The Bertz CT molecular complexity index is 670. The van der Waals surface area contributed by atoms with Gasteiger partial charge in [-0.3, -0.25) is 0 Å². The maximum Gasteiger partial charge on any atom is 0.334 e. The fourth-order valence-electron chi connectivity index (χ4n) is 3.44. The van der Waals surface area contributed by atoms with Gasteiger partial charge in [0.05, 0.1) is 30.8 Å². The second-order valence-corrected chi connectivity index (χ2v) is 11.8. The number of hydrogen-bond acceptors (Lipinski definition) is 9. The minimum Gasteiger partial charge on any atom is -0.395 e. The molecular weight excluding hydrogens is 458 g/mol. The van der Waals surface area contributed by atoms with E-state index in [-0.39, 0.29) is 10.8 Å². The van der Waals surface area contributed by atoms with Crippen LogP contribution in [0.5, 0.6) is 0 Å². The maximum absolute atomic E-state index is 11.6. The van der Waals surface area contributed by atoms with Crippen LogP contribution in [0.1, 0.15) is 70.7 Å². The third kappa shape index (κ3) is 7.90. The zero-order valence-electron chi connectivity index (χ0n) is 20.2. The van der Waals surface area contributed by atoms with Crippen LogP contribution in [0.3, 0.4) is 0 Å². The van der Waals surface area contributed by atoms with Crippen LogP contribution in [0.15, 0.2) is 12.1 Å². The molecule has 1 rings (SSSR count). The second-order valence-electron chi connectivity index (χ2n) is 10.1. The van der Waals surface area contributed by atoms with Gasteiger partial charge in [-0.1, -0.05) is 59.2 Å². The van der Waals surface area contributed by atoms with E-state index in [9.17, 15) is 20.4 Å². The average molecular weight is 498 g/mol. The van der Waals surface area contributed by atoms with Crippen molar-refractivity contribution in [2.75, 3.05) is 19.8 Å². The summed E-state index contributed by atoms with van der Waals surface area (Å²) in [5, 5.41) is 41.4. The Morgan fingerprint density at radius 1 is 0.719 bits per heavy atom. The monoisotopic (exact) mass is 498 g/mol. The molecule has 188 valence electrons. The van der Waals surface area contributed by atoms with E-state index in [0.29, 0.717) is 5.56 Å². The summed E-state index contributed by atoms with van der Waals surface area (Å²) in [5.74, 6) is 0. The van der Waals surface area contributed by atoms with E-state index in [1.54, 1.807) is 6.92 Å². The summed E-state index contributed by atoms with van der Waals surface area (Å²) in [6.07, 6.45) is 0. The van der Waals surface area contributed by atoms with Crippen LogP contribution in [-0.4, -0.2) is 59.8 Å². The van der Waals surface area contributed by atoms with Crippen molar-refractivity contribution >= 4 is 17.2 Å². The van der Waals surface area contributed by atoms with Gasteiger partial charge >= 0.3 is 17.2 Å². The summed E-state index contributed by atoms with van der Waals surface area (Å²) in [5.41, 5.74) is 0.151. The first-order chi connectivity index (χ1) is 14.3. The Labute approximate surface area is 193 Å². The van der Waals surface area contributed by atoms with Crippen molar-refractivity contribution in [3.63, 3.8) is 0 Å². The lowest BCUT2D eigenvalue weighted by Crippen LogP contribution is -2.53. The maximum atomic E-state index is 11.6. The summed E-state index contributed by atoms with van der Waals surface area (Å²) in [6.45, 7) is 14.5. The molecule has 1 aromatic carbocycles. The van der Waals surface area contributed by atoms with Gasteiger partial charge in [-0.15, -0.1) is 0 Å². The third-order valence-electron chi connectivity index (χ3n) is 5.47. The summed E-state index contributed by atoms with van der Waals surface area (Å²) < 4.78 is 3.60. The normalized spacial score (nSPS) is 14.9. The molecule has 0 saturated heterocycles. The number of benzene rings is 1.